The Morgan fingerprint density at radius 1 is 1.14 bits per heavy atom. The Kier molecular flexibility index (Phi) is 3.85. The van der Waals surface area contributed by atoms with E-state index in [4.69, 9.17) is 0 Å². The summed E-state index contributed by atoms with van der Waals surface area (Å²) in [5, 5.41) is 4.14. The number of carbonyl (C=O) groups is 1. The number of anilines is 1. The van der Waals surface area contributed by atoms with E-state index in [1.54, 1.807) is 17.1 Å². The SMILES string of the molecule is CC(C(=O)N1CCN(c2ccccn2)CC1)n1cccn1. The third-order valence-electron chi connectivity index (χ3n) is 3.84. The van der Waals surface area contributed by atoms with Gasteiger partial charge in [0.05, 0.1) is 0 Å². The molecule has 1 aliphatic rings. The fourth-order valence-corrected chi connectivity index (χ4v) is 2.58. The van der Waals surface area contributed by atoms with Crippen LogP contribution in [0.15, 0.2) is 42.9 Å². The predicted molar refractivity (Wildman–Crippen MR) is 80.0 cm³/mol. The van der Waals surface area contributed by atoms with Crippen molar-refractivity contribution in [3.05, 3.63) is 42.9 Å². The molecule has 3 rings (SSSR count). The van der Waals surface area contributed by atoms with Gasteiger partial charge in [-0.15, -0.1) is 0 Å². The van der Waals surface area contributed by atoms with E-state index in [1.165, 1.54) is 0 Å². The molecule has 2 aromatic heterocycles. The van der Waals surface area contributed by atoms with E-state index in [1.807, 2.05) is 42.3 Å². The minimum atomic E-state index is -0.249. The van der Waals surface area contributed by atoms with Crippen LogP contribution in [0.1, 0.15) is 13.0 Å². The van der Waals surface area contributed by atoms with Crippen LogP contribution in [0, 0.1) is 0 Å². The Balaban J connectivity index is 1.59. The zero-order valence-corrected chi connectivity index (χ0v) is 12.1. The zero-order chi connectivity index (χ0) is 14.7. The molecule has 1 amide bonds. The number of rotatable bonds is 3. The second kappa shape index (κ2) is 5.95. The molecule has 0 bridgehead atoms. The molecule has 1 fully saturated rings. The van der Waals surface area contributed by atoms with E-state index in [2.05, 4.69) is 15.0 Å². The second-order valence-electron chi connectivity index (χ2n) is 5.16. The average molecular weight is 285 g/mol. The van der Waals surface area contributed by atoms with Crippen molar-refractivity contribution in [1.29, 1.82) is 0 Å². The number of amides is 1. The molecule has 1 saturated heterocycles. The first kappa shape index (κ1) is 13.6. The molecular weight excluding hydrogens is 266 g/mol. The van der Waals surface area contributed by atoms with E-state index in [0.29, 0.717) is 0 Å². The van der Waals surface area contributed by atoms with Crippen LogP contribution in [-0.2, 0) is 4.79 Å². The predicted octanol–water partition coefficient (Wildman–Crippen LogP) is 1.19. The quantitative estimate of drug-likeness (QED) is 0.850. The van der Waals surface area contributed by atoms with Gasteiger partial charge in [-0.3, -0.25) is 9.48 Å². The highest BCUT2D eigenvalue weighted by Crippen LogP contribution is 2.15. The Bertz CT molecular complexity index is 575. The maximum absolute atomic E-state index is 12.5. The van der Waals surface area contributed by atoms with Gasteiger partial charge in [0.15, 0.2) is 0 Å². The van der Waals surface area contributed by atoms with Crippen LogP contribution < -0.4 is 4.90 Å². The molecule has 0 saturated carbocycles. The largest absolute Gasteiger partial charge is 0.353 e. The van der Waals surface area contributed by atoms with Crippen molar-refractivity contribution in [2.24, 2.45) is 0 Å². The molecule has 1 aliphatic heterocycles. The summed E-state index contributed by atoms with van der Waals surface area (Å²) >= 11 is 0. The minimum Gasteiger partial charge on any atom is -0.353 e. The highest BCUT2D eigenvalue weighted by atomic mass is 16.2. The third-order valence-corrected chi connectivity index (χ3v) is 3.84. The van der Waals surface area contributed by atoms with E-state index < -0.39 is 0 Å². The molecule has 1 atom stereocenters. The van der Waals surface area contributed by atoms with Gasteiger partial charge in [-0.1, -0.05) is 6.07 Å². The molecule has 6 nitrogen and oxygen atoms in total. The van der Waals surface area contributed by atoms with Crippen molar-refractivity contribution in [1.82, 2.24) is 19.7 Å². The summed E-state index contributed by atoms with van der Waals surface area (Å²) in [7, 11) is 0. The van der Waals surface area contributed by atoms with Gasteiger partial charge in [-0.25, -0.2) is 4.98 Å². The first-order valence-electron chi connectivity index (χ1n) is 7.19. The Morgan fingerprint density at radius 2 is 1.95 bits per heavy atom. The average Bonchev–Trinajstić information content (AvgIpc) is 3.09. The van der Waals surface area contributed by atoms with E-state index in [-0.39, 0.29) is 11.9 Å². The third kappa shape index (κ3) is 2.89. The molecule has 6 heteroatoms. The number of piperazine rings is 1. The molecular formula is C15H19N5O. The Labute approximate surface area is 124 Å². The second-order valence-corrected chi connectivity index (χ2v) is 5.16. The lowest BCUT2D eigenvalue weighted by Gasteiger charge is -2.36. The zero-order valence-electron chi connectivity index (χ0n) is 12.1. The van der Waals surface area contributed by atoms with E-state index in [0.717, 1.165) is 32.0 Å². The molecule has 2 aromatic rings. The van der Waals surface area contributed by atoms with Gasteiger partial charge in [-0.2, -0.15) is 5.10 Å². The van der Waals surface area contributed by atoms with E-state index >= 15 is 0 Å². The number of aromatic nitrogens is 3. The van der Waals surface area contributed by atoms with Gasteiger partial charge in [0.1, 0.15) is 11.9 Å². The lowest BCUT2D eigenvalue weighted by molar-refractivity contribution is -0.134. The number of hydrogen-bond acceptors (Lipinski definition) is 4. The van der Waals surface area contributed by atoms with Crippen molar-refractivity contribution >= 4 is 11.7 Å². The summed E-state index contributed by atoms with van der Waals surface area (Å²) in [5.41, 5.74) is 0. The molecule has 3 heterocycles. The maximum Gasteiger partial charge on any atom is 0.247 e. The molecule has 1 unspecified atom stereocenters. The first-order valence-corrected chi connectivity index (χ1v) is 7.19. The normalized spacial score (nSPS) is 16.8. The summed E-state index contributed by atoms with van der Waals surface area (Å²) < 4.78 is 1.70. The molecule has 0 spiro atoms. The van der Waals surface area contributed by atoms with Crippen LogP contribution >= 0.6 is 0 Å². The summed E-state index contributed by atoms with van der Waals surface area (Å²) in [6, 6.07) is 7.49. The lowest BCUT2D eigenvalue weighted by atomic mass is 10.2. The van der Waals surface area contributed by atoms with Gasteiger partial charge >= 0.3 is 0 Å². The van der Waals surface area contributed by atoms with Crippen LogP contribution in [0.3, 0.4) is 0 Å². The fourth-order valence-electron chi connectivity index (χ4n) is 2.58. The first-order chi connectivity index (χ1) is 10.3. The molecule has 110 valence electrons. The van der Waals surface area contributed by atoms with Crippen molar-refractivity contribution in [2.45, 2.75) is 13.0 Å². The summed E-state index contributed by atoms with van der Waals surface area (Å²) in [6.07, 6.45) is 5.32. The van der Waals surface area contributed by atoms with Crippen LogP contribution in [0.4, 0.5) is 5.82 Å². The highest BCUT2D eigenvalue weighted by Gasteiger charge is 2.26. The van der Waals surface area contributed by atoms with Crippen molar-refractivity contribution < 1.29 is 4.79 Å². The number of pyridine rings is 1. The van der Waals surface area contributed by atoms with Crippen molar-refractivity contribution in [2.75, 3.05) is 31.1 Å². The summed E-state index contributed by atoms with van der Waals surface area (Å²) in [4.78, 5) is 20.9. The molecule has 21 heavy (non-hydrogen) atoms. The molecule has 0 radical (unpaired) electrons. The van der Waals surface area contributed by atoms with Gasteiger partial charge in [0.25, 0.3) is 0 Å². The Hall–Kier alpha value is -2.37. The van der Waals surface area contributed by atoms with Crippen LogP contribution in [0.25, 0.3) is 0 Å². The number of carbonyl (C=O) groups excluding carboxylic acids is 1. The highest BCUT2D eigenvalue weighted by molar-refractivity contribution is 5.80. The smallest absolute Gasteiger partial charge is 0.247 e. The van der Waals surface area contributed by atoms with Crippen molar-refractivity contribution in [3.63, 3.8) is 0 Å². The number of nitrogens with zero attached hydrogens (tertiary/aromatic N) is 5. The van der Waals surface area contributed by atoms with Crippen LogP contribution in [0.2, 0.25) is 0 Å². The Morgan fingerprint density at radius 3 is 2.57 bits per heavy atom. The van der Waals surface area contributed by atoms with Gasteiger partial charge in [0, 0.05) is 44.8 Å². The minimum absolute atomic E-state index is 0.124. The lowest BCUT2D eigenvalue weighted by Crippen LogP contribution is -2.50. The van der Waals surface area contributed by atoms with Gasteiger partial charge < -0.3 is 9.80 Å². The monoisotopic (exact) mass is 285 g/mol. The summed E-state index contributed by atoms with van der Waals surface area (Å²) in [5.74, 6) is 1.10. The van der Waals surface area contributed by atoms with E-state index in [9.17, 15) is 4.79 Å². The number of hydrogen-bond donors (Lipinski definition) is 0. The van der Waals surface area contributed by atoms with Gasteiger partial charge in [0.2, 0.25) is 5.91 Å². The van der Waals surface area contributed by atoms with Crippen molar-refractivity contribution in [3.8, 4) is 0 Å². The fraction of sp³-hybridized carbons (Fsp3) is 0.400. The molecule has 0 aliphatic carbocycles. The molecule has 0 aromatic carbocycles. The van der Waals surface area contributed by atoms with Crippen LogP contribution in [0.5, 0.6) is 0 Å². The van der Waals surface area contributed by atoms with Crippen LogP contribution in [-0.4, -0.2) is 51.8 Å². The standard InChI is InChI=1S/C15H19N5O/c1-13(20-8-4-7-17-20)15(21)19-11-9-18(10-12-19)14-5-2-3-6-16-14/h2-8,13H,9-12H2,1H3. The topological polar surface area (TPSA) is 54.3 Å². The summed E-state index contributed by atoms with van der Waals surface area (Å²) in [6.45, 7) is 4.96. The van der Waals surface area contributed by atoms with Gasteiger partial charge in [-0.05, 0) is 25.1 Å². The molecule has 0 N–H and O–H groups in total. The maximum atomic E-state index is 12.5.